The molecule has 5 heterocycles. The lowest BCUT2D eigenvalue weighted by Gasteiger charge is -2.29. The van der Waals surface area contributed by atoms with E-state index in [1.807, 2.05) is 6.92 Å². The lowest BCUT2D eigenvalue weighted by Crippen LogP contribution is -2.33. The average Bonchev–Trinajstić information content (AvgIpc) is 3.30. The molecule has 0 unspecified atom stereocenters. The van der Waals surface area contributed by atoms with Crippen molar-refractivity contribution in [3.05, 3.63) is 59.8 Å². The van der Waals surface area contributed by atoms with Crippen molar-refractivity contribution in [1.29, 1.82) is 0 Å². The Hall–Kier alpha value is -3.64. The zero-order valence-electron chi connectivity index (χ0n) is 22.7. The molecule has 1 saturated heterocycles. The maximum absolute atomic E-state index is 15.0. The molecule has 12 heteroatoms. The summed E-state index contributed by atoms with van der Waals surface area (Å²) in [6.07, 6.45) is 6.56. The number of hydrogen-bond acceptors (Lipinski definition) is 9. The molecule has 0 spiro atoms. The van der Waals surface area contributed by atoms with Gasteiger partial charge < -0.3 is 15.5 Å². The van der Waals surface area contributed by atoms with Crippen molar-refractivity contribution in [3.63, 3.8) is 0 Å². The van der Waals surface area contributed by atoms with E-state index in [0.29, 0.717) is 34.1 Å². The Balaban J connectivity index is 1.37. The van der Waals surface area contributed by atoms with E-state index in [1.165, 1.54) is 16.2 Å². The molecule has 5 rings (SSSR count). The zero-order chi connectivity index (χ0) is 27.9. The summed E-state index contributed by atoms with van der Waals surface area (Å²) in [7, 11) is -1.59. The summed E-state index contributed by atoms with van der Waals surface area (Å²) in [5.41, 5.74) is 1.71. The van der Waals surface area contributed by atoms with Crippen molar-refractivity contribution >= 4 is 44.5 Å². The van der Waals surface area contributed by atoms with Gasteiger partial charge in [0.25, 0.3) is 0 Å². The third-order valence-corrected chi connectivity index (χ3v) is 9.40. The van der Waals surface area contributed by atoms with Gasteiger partial charge in [-0.3, -0.25) is 0 Å². The van der Waals surface area contributed by atoms with E-state index in [9.17, 15) is 12.8 Å². The third kappa shape index (κ3) is 5.44. The van der Waals surface area contributed by atoms with Crippen molar-refractivity contribution in [2.24, 2.45) is 0 Å². The van der Waals surface area contributed by atoms with Gasteiger partial charge in [-0.05, 0) is 84.8 Å². The number of fused-ring (bicyclic) bond motifs is 1. The number of hydrogen-bond donors (Lipinski definition) is 2. The van der Waals surface area contributed by atoms with Crippen LogP contribution in [-0.4, -0.2) is 62.1 Å². The van der Waals surface area contributed by atoms with Crippen LogP contribution in [0.15, 0.2) is 42.9 Å². The fraction of sp³-hybridized carbons (Fsp3) is 0.407. The monoisotopic (exact) mass is 552 g/mol. The maximum atomic E-state index is 15.0. The Morgan fingerprint density at radius 1 is 1.00 bits per heavy atom. The first-order chi connectivity index (χ1) is 18.4. The van der Waals surface area contributed by atoms with Gasteiger partial charge in [0.05, 0.1) is 4.75 Å². The van der Waals surface area contributed by atoms with Gasteiger partial charge in [-0.1, -0.05) is 0 Å². The quantitative estimate of drug-likeness (QED) is 0.343. The number of halogens is 1. The van der Waals surface area contributed by atoms with E-state index in [0.717, 1.165) is 31.5 Å². The minimum Gasteiger partial charge on any atom is -0.324 e. The van der Waals surface area contributed by atoms with Crippen LogP contribution in [0.1, 0.15) is 50.7 Å². The summed E-state index contributed by atoms with van der Waals surface area (Å²) in [5, 5.41) is 6.84. The van der Waals surface area contributed by atoms with Gasteiger partial charge in [-0.25, -0.2) is 31.7 Å². The first kappa shape index (κ1) is 26.9. The van der Waals surface area contributed by atoms with Crippen LogP contribution in [0.4, 0.5) is 27.8 Å². The number of aromatic nitrogens is 5. The van der Waals surface area contributed by atoms with Crippen LogP contribution >= 0.6 is 0 Å². The minimum atomic E-state index is -3.66. The molecule has 4 aromatic rings. The number of pyridine rings is 2. The Labute approximate surface area is 227 Å². The summed E-state index contributed by atoms with van der Waals surface area (Å²) in [5.74, 6) is 1.31. The molecule has 1 aliphatic rings. The number of rotatable bonds is 6. The molecular weight excluding hydrogens is 519 g/mol. The second-order valence-corrected chi connectivity index (χ2v) is 13.6. The molecule has 0 saturated carbocycles. The number of nitrogens with one attached hydrogen (secondary N) is 2. The molecule has 0 atom stereocenters. The summed E-state index contributed by atoms with van der Waals surface area (Å²) in [4.78, 5) is 20.1. The highest BCUT2D eigenvalue weighted by atomic mass is 32.2. The molecule has 0 amide bonds. The highest BCUT2D eigenvalue weighted by Gasteiger charge is 2.32. The smallest absolute Gasteiger partial charge is 0.245 e. The summed E-state index contributed by atoms with van der Waals surface area (Å²) < 4.78 is 41.3. The van der Waals surface area contributed by atoms with Crippen LogP contribution < -0.4 is 10.6 Å². The van der Waals surface area contributed by atoms with Gasteiger partial charge in [-0.15, -0.1) is 0 Å². The lowest BCUT2D eigenvalue weighted by atomic mass is 9.90. The highest BCUT2D eigenvalue weighted by Crippen LogP contribution is 2.30. The zero-order valence-corrected chi connectivity index (χ0v) is 23.5. The first-order valence-corrected chi connectivity index (χ1v) is 14.3. The molecule has 0 radical (unpaired) electrons. The summed E-state index contributed by atoms with van der Waals surface area (Å²) in [6.45, 7) is 8.67. The molecule has 0 aliphatic carbocycles. The average molecular weight is 553 g/mol. The SMILES string of the molecule is Cc1cnc(Nc2cc(F)c(C3CCN(C)CC3)cn2)nc1Nc1ccc2ccn(S(=O)(=O)C(C)(C)C)c2n1. The van der Waals surface area contributed by atoms with Crippen LogP contribution in [0.3, 0.4) is 0 Å². The summed E-state index contributed by atoms with van der Waals surface area (Å²) in [6, 6.07) is 6.65. The number of aryl methyl sites for hydroxylation is 1. The fourth-order valence-corrected chi connectivity index (χ4v) is 5.72. The number of anilines is 4. The minimum absolute atomic E-state index is 0.165. The first-order valence-electron chi connectivity index (χ1n) is 12.9. The largest absolute Gasteiger partial charge is 0.324 e. The Kier molecular flexibility index (Phi) is 7.02. The lowest BCUT2D eigenvalue weighted by molar-refractivity contribution is 0.253. The maximum Gasteiger partial charge on any atom is 0.245 e. The molecule has 2 N–H and O–H groups in total. The van der Waals surface area contributed by atoms with Crippen LogP contribution in [0.5, 0.6) is 0 Å². The third-order valence-electron chi connectivity index (χ3n) is 7.03. The van der Waals surface area contributed by atoms with Crippen molar-refractivity contribution in [2.45, 2.75) is 51.2 Å². The van der Waals surface area contributed by atoms with E-state index >= 15 is 0 Å². The highest BCUT2D eigenvalue weighted by molar-refractivity contribution is 7.91. The number of nitrogens with zero attached hydrogens (tertiary/aromatic N) is 6. The molecular formula is C27H33FN8O2S. The van der Waals surface area contributed by atoms with Gasteiger partial charge in [0, 0.05) is 41.2 Å². The molecule has 206 valence electrons. The van der Waals surface area contributed by atoms with Crippen molar-refractivity contribution in [1.82, 2.24) is 28.8 Å². The van der Waals surface area contributed by atoms with Gasteiger partial charge in [-0.2, -0.15) is 4.98 Å². The van der Waals surface area contributed by atoms with E-state index in [1.54, 1.807) is 51.4 Å². The summed E-state index contributed by atoms with van der Waals surface area (Å²) >= 11 is 0. The molecule has 4 aromatic heterocycles. The van der Waals surface area contributed by atoms with Gasteiger partial charge in [0.2, 0.25) is 16.0 Å². The Morgan fingerprint density at radius 2 is 1.74 bits per heavy atom. The van der Waals surface area contributed by atoms with Gasteiger partial charge in [0.1, 0.15) is 23.3 Å². The van der Waals surface area contributed by atoms with Crippen molar-refractivity contribution < 1.29 is 12.8 Å². The topological polar surface area (TPSA) is 118 Å². The molecule has 1 aliphatic heterocycles. The van der Waals surface area contributed by atoms with Crippen LogP contribution in [0.25, 0.3) is 11.0 Å². The molecule has 1 fully saturated rings. The second kappa shape index (κ2) is 10.2. The normalized spacial score (nSPS) is 15.5. The van der Waals surface area contributed by atoms with Crippen molar-refractivity contribution in [2.75, 3.05) is 30.8 Å². The standard InChI is InChI=1S/C27H33FN8O2S/c1-17-15-30-26(33-23-14-21(28)20(16-29-23)18-8-11-35(5)12-9-18)34-24(17)31-22-7-6-19-10-13-36(25(19)32-22)39(37,38)27(2,3)4/h6-7,10,13-16,18H,8-9,11-12H2,1-5H3,(H2,29,30,31,32,33,34). The van der Waals surface area contributed by atoms with Crippen molar-refractivity contribution in [3.8, 4) is 0 Å². The van der Waals surface area contributed by atoms with E-state index in [4.69, 9.17) is 0 Å². The van der Waals surface area contributed by atoms with E-state index < -0.39 is 14.8 Å². The van der Waals surface area contributed by atoms with Gasteiger partial charge >= 0.3 is 0 Å². The van der Waals surface area contributed by atoms with Crippen LogP contribution in [0.2, 0.25) is 0 Å². The van der Waals surface area contributed by atoms with E-state index in [2.05, 4.69) is 42.5 Å². The van der Waals surface area contributed by atoms with Gasteiger partial charge in [0.15, 0.2) is 5.65 Å². The van der Waals surface area contributed by atoms with Crippen LogP contribution in [-0.2, 0) is 10.0 Å². The van der Waals surface area contributed by atoms with Crippen LogP contribution in [0, 0.1) is 12.7 Å². The van der Waals surface area contributed by atoms with E-state index in [-0.39, 0.29) is 17.7 Å². The predicted molar refractivity (Wildman–Crippen MR) is 151 cm³/mol. The Morgan fingerprint density at radius 3 is 2.44 bits per heavy atom. The molecule has 0 bridgehead atoms. The molecule has 39 heavy (non-hydrogen) atoms. The Bertz CT molecular complexity index is 1620. The fourth-order valence-electron chi connectivity index (χ4n) is 4.54. The molecule has 0 aromatic carbocycles. The number of likely N-dealkylation sites (tertiary alicyclic amines) is 1. The second-order valence-electron chi connectivity index (χ2n) is 11.0. The molecule has 10 nitrogen and oxygen atoms in total. The predicted octanol–water partition coefficient (Wildman–Crippen LogP) is 4.94. The number of piperidine rings is 1.